The van der Waals surface area contributed by atoms with Gasteiger partial charge in [0.2, 0.25) is 10.0 Å². The quantitative estimate of drug-likeness (QED) is 0.890. The smallest absolute Gasteiger partial charge is 0.242 e. The molecule has 1 atom stereocenters. The van der Waals surface area contributed by atoms with Gasteiger partial charge in [0.05, 0.1) is 4.90 Å². The van der Waals surface area contributed by atoms with Crippen LogP contribution in [-0.4, -0.2) is 32.9 Å². The summed E-state index contributed by atoms with van der Waals surface area (Å²) in [5.74, 6) is 0.735. The second-order valence-electron chi connectivity index (χ2n) is 5.09. The van der Waals surface area contributed by atoms with Gasteiger partial charge in [0, 0.05) is 25.8 Å². The minimum Gasteiger partial charge on any atom is -0.382 e. The summed E-state index contributed by atoms with van der Waals surface area (Å²) in [6, 6.07) is 7.42. The summed E-state index contributed by atoms with van der Waals surface area (Å²) in [5.41, 5.74) is 0.873. The van der Waals surface area contributed by atoms with E-state index < -0.39 is 10.0 Å². The molecule has 1 aliphatic rings. The predicted octanol–water partition coefficient (Wildman–Crippen LogP) is 2.15. The van der Waals surface area contributed by atoms with Crippen molar-refractivity contribution in [3.63, 3.8) is 0 Å². The molecular weight excluding hydrogens is 248 g/mol. The minimum atomic E-state index is -3.35. The van der Waals surface area contributed by atoms with Gasteiger partial charge < -0.3 is 5.32 Å². The first-order chi connectivity index (χ1) is 8.41. The fourth-order valence-corrected chi connectivity index (χ4v) is 2.88. The van der Waals surface area contributed by atoms with E-state index in [1.165, 1.54) is 17.1 Å². The number of benzene rings is 1. The SMILES string of the molecule is CC(Nc1cccc(S(=O)(=O)N(C)C)c1)C1CC1. The van der Waals surface area contributed by atoms with Crippen LogP contribution in [0.1, 0.15) is 19.8 Å². The van der Waals surface area contributed by atoms with E-state index in [1.54, 1.807) is 32.3 Å². The van der Waals surface area contributed by atoms with Crippen molar-refractivity contribution >= 4 is 15.7 Å². The van der Waals surface area contributed by atoms with Crippen molar-refractivity contribution in [3.8, 4) is 0 Å². The van der Waals surface area contributed by atoms with E-state index in [4.69, 9.17) is 0 Å². The fraction of sp³-hybridized carbons (Fsp3) is 0.538. The average molecular weight is 268 g/mol. The van der Waals surface area contributed by atoms with E-state index in [0.29, 0.717) is 10.9 Å². The number of nitrogens with zero attached hydrogens (tertiary/aromatic N) is 1. The summed E-state index contributed by atoms with van der Waals surface area (Å²) in [4.78, 5) is 0.334. The first-order valence-electron chi connectivity index (χ1n) is 6.20. The van der Waals surface area contributed by atoms with Gasteiger partial charge in [-0.05, 0) is 43.9 Å². The number of rotatable bonds is 5. The molecule has 1 unspecified atom stereocenters. The summed E-state index contributed by atoms with van der Waals surface area (Å²) in [6.45, 7) is 2.14. The van der Waals surface area contributed by atoms with Crippen molar-refractivity contribution < 1.29 is 8.42 Å². The fourth-order valence-electron chi connectivity index (χ4n) is 1.93. The van der Waals surface area contributed by atoms with Gasteiger partial charge in [-0.25, -0.2) is 12.7 Å². The molecule has 18 heavy (non-hydrogen) atoms. The van der Waals surface area contributed by atoms with E-state index in [0.717, 1.165) is 11.6 Å². The second kappa shape index (κ2) is 4.90. The predicted molar refractivity (Wildman–Crippen MR) is 73.1 cm³/mol. The third kappa shape index (κ3) is 2.84. The highest BCUT2D eigenvalue weighted by Crippen LogP contribution is 2.34. The van der Waals surface area contributed by atoms with Crippen molar-refractivity contribution in [2.24, 2.45) is 5.92 Å². The molecule has 1 N–H and O–H groups in total. The molecule has 0 spiro atoms. The van der Waals surface area contributed by atoms with E-state index in [2.05, 4.69) is 12.2 Å². The molecule has 1 aliphatic carbocycles. The molecule has 1 aromatic carbocycles. The Kier molecular flexibility index (Phi) is 3.64. The first-order valence-corrected chi connectivity index (χ1v) is 7.64. The summed E-state index contributed by atoms with van der Waals surface area (Å²) >= 11 is 0. The van der Waals surface area contributed by atoms with Crippen molar-refractivity contribution in [2.75, 3.05) is 19.4 Å². The molecule has 5 heteroatoms. The summed E-state index contributed by atoms with van der Waals surface area (Å²) < 4.78 is 25.3. The molecule has 1 saturated carbocycles. The van der Waals surface area contributed by atoms with Gasteiger partial charge in [-0.1, -0.05) is 6.07 Å². The molecule has 0 aliphatic heterocycles. The normalized spacial score (nSPS) is 17.8. The Morgan fingerprint density at radius 1 is 1.33 bits per heavy atom. The Labute approximate surface area is 109 Å². The van der Waals surface area contributed by atoms with Gasteiger partial charge in [-0.2, -0.15) is 0 Å². The van der Waals surface area contributed by atoms with Crippen molar-refractivity contribution in [1.29, 1.82) is 0 Å². The molecule has 4 nitrogen and oxygen atoms in total. The molecule has 1 aromatic rings. The zero-order valence-corrected chi connectivity index (χ0v) is 11.9. The maximum atomic E-state index is 12.0. The summed E-state index contributed by atoms with van der Waals surface area (Å²) in [7, 11) is -0.259. The monoisotopic (exact) mass is 268 g/mol. The first kappa shape index (κ1) is 13.4. The van der Waals surface area contributed by atoms with Gasteiger partial charge in [0.15, 0.2) is 0 Å². The molecule has 0 bridgehead atoms. The number of sulfonamides is 1. The lowest BCUT2D eigenvalue weighted by molar-refractivity contribution is 0.521. The number of hydrogen-bond acceptors (Lipinski definition) is 3. The van der Waals surface area contributed by atoms with Crippen LogP contribution in [0.5, 0.6) is 0 Å². The zero-order valence-electron chi connectivity index (χ0n) is 11.1. The van der Waals surface area contributed by atoms with Crippen LogP contribution in [0.25, 0.3) is 0 Å². The Bertz CT molecular complexity index is 522. The lowest BCUT2D eigenvalue weighted by atomic mass is 10.2. The molecule has 2 rings (SSSR count). The van der Waals surface area contributed by atoms with Gasteiger partial charge in [0.25, 0.3) is 0 Å². The lowest BCUT2D eigenvalue weighted by Gasteiger charge is -2.16. The Balaban J connectivity index is 2.19. The molecule has 0 aromatic heterocycles. The molecular formula is C13H20N2O2S. The van der Waals surface area contributed by atoms with Gasteiger partial charge >= 0.3 is 0 Å². The Hall–Kier alpha value is -1.07. The van der Waals surface area contributed by atoms with Crippen LogP contribution in [-0.2, 0) is 10.0 Å². The highest BCUT2D eigenvalue weighted by atomic mass is 32.2. The number of anilines is 1. The maximum Gasteiger partial charge on any atom is 0.242 e. The van der Waals surface area contributed by atoms with Gasteiger partial charge in [-0.3, -0.25) is 0 Å². The van der Waals surface area contributed by atoms with Crippen molar-refractivity contribution in [2.45, 2.75) is 30.7 Å². The van der Waals surface area contributed by atoms with Crippen LogP contribution < -0.4 is 5.32 Å². The average Bonchev–Trinajstić information content (AvgIpc) is 3.12. The van der Waals surface area contributed by atoms with E-state index in [1.807, 2.05) is 6.07 Å². The second-order valence-corrected chi connectivity index (χ2v) is 7.24. The van der Waals surface area contributed by atoms with Crippen LogP contribution >= 0.6 is 0 Å². The molecule has 0 radical (unpaired) electrons. The lowest BCUT2D eigenvalue weighted by Crippen LogP contribution is -2.22. The van der Waals surface area contributed by atoms with Crippen molar-refractivity contribution in [1.82, 2.24) is 4.31 Å². The van der Waals surface area contributed by atoms with Crippen LogP contribution in [0.15, 0.2) is 29.2 Å². The van der Waals surface area contributed by atoms with Gasteiger partial charge in [0.1, 0.15) is 0 Å². The summed E-state index contributed by atoms with van der Waals surface area (Å²) in [5, 5.41) is 3.37. The van der Waals surface area contributed by atoms with Crippen molar-refractivity contribution in [3.05, 3.63) is 24.3 Å². The molecule has 100 valence electrons. The van der Waals surface area contributed by atoms with E-state index >= 15 is 0 Å². The van der Waals surface area contributed by atoms with E-state index in [9.17, 15) is 8.42 Å². The highest BCUT2D eigenvalue weighted by molar-refractivity contribution is 7.89. The topological polar surface area (TPSA) is 49.4 Å². The Morgan fingerprint density at radius 2 is 2.00 bits per heavy atom. The minimum absolute atomic E-state index is 0.334. The maximum absolute atomic E-state index is 12.0. The van der Waals surface area contributed by atoms with Crippen LogP contribution in [0.4, 0.5) is 5.69 Å². The molecule has 1 fully saturated rings. The number of nitrogens with one attached hydrogen (secondary N) is 1. The van der Waals surface area contributed by atoms with E-state index in [-0.39, 0.29) is 0 Å². The zero-order chi connectivity index (χ0) is 13.3. The third-order valence-electron chi connectivity index (χ3n) is 3.34. The Morgan fingerprint density at radius 3 is 2.56 bits per heavy atom. The highest BCUT2D eigenvalue weighted by Gasteiger charge is 2.28. The summed E-state index contributed by atoms with van der Waals surface area (Å²) in [6.07, 6.45) is 2.54. The molecule has 0 amide bonds. The van der Waals surface area contributed by atoms with Crippen LogP contribution in [0.3, 0.4) is 0 Å². The molecule has 0 saturated heterocycles. The third-order valence-corrected chi connectivity index (χ3v) is 5.15. The van der Waals surface area contributed by atoms with Crippen LogP contribution in [0, 0.1) is 5.92 Å². The standard InChI is InChI=1S/C13H20N2O2S/c1-10(11-7-8-11)14-12-5-4-6-13(9-12)18(16,17)15(2)3/h4-6,9-11,14H,7-8H2,1-3H3. The van der Waals surface area contributed by atoms with Crippen LogP contribution in [0.2, 0.25) is 0 Å². The molecule has 0 heterocycles. The largest absolute Gasteiger partial charge is 0.382 e. The number of hydrogen-bond donors (Lipinski definition) is 1. The van der Waals surface area contributed by atoms with Gasteiger partial charge in [-0.15, -0.1) is 0 Å².